The van der Waals surface area contributed by atoms with Crippen LogP contribution in [0.4, 0.5) is 8.96 Å². The van der Waals surface area contributed by atoms with Crippen molar-refractivity contribution in [3.8, 4) is 0 Å². The van der Waals surface area contributed by atoms with Crippen molar-refractivity contribution in [3.05, 3.63) is 0 Å². The Labute approximate surface area is 54.5 Å². The first kappa shape index (κ1) is 8.82. The molecule has 0 aromatic heterocycles. The summed E-state index contributed by atoms with van der Waals surface area (Å²) in [5.41, 5.74) is -0.917. The van der Waals surface area contributed by atoms with Crippen LogP contribution < -0.4 is 0 Å². The summed E-state index contributed by atoms with van der Waals surface area (Å²) in [6.45, 7) is 5.07. The Hall–Kier alpha value is -0.180. The van der Waals surface area contributed by atoms with E-state index in [0.717, 1.165) is 0 Å². The van der Waals surface area contributed by atoms with Crippen molar-refractivity contribution < 1.29 is 8.96 Å². The standard InChI is InChI=1S/C6H13F2N/c1-4-6(3,5-2)9(7)8/h4-5H2,1-3H3. The molecule has 0 aliphatic rings. The highest BCUT2D eigenvalue weighted by atomic mass is 19.4. The average Bonchev–Trinajstić information content (AvgIpc) is 1.86. The number of hydrogen-bond acceptors (Lipinski definition) is 1. The molecule has 56 valence electrons. The van der Waals surface area contributed by atoms with Gasteiger partial charge in [0.25, 0.3) is 0 Å². The molecule has 0 amide bonds. The monoisotopic (exact) mass is 137 g/mol. The summed E-state index contributed by atoms with van der Waals surface area (Å²) in [7, 11) is 0. The van der Waals surface area contributed by atoms with Gasteiger partial charge < -0.3 is 0 Å². The fraction of sp³-hybridized carbons (Fsp3) is 1.00. The number of rotatable bonds is 3. The lowest BCUT2D eigenvalue weighted by Crippen LogP contribution is -2.34. The first-order chi connectivity index (χ1) is 4.06. The molecule has 0 bridgehead atoms. The van der Waals surface area contributed by atoms with Crippen LogP contribution in [0.5, 0.6) is 0 Å². The molecule has 0 unspecified atom stereocenters. The minimum Gasteiger partial charge on any atom is -0.101 e. The molecule has 0 aliphatic carbocycles. The minimum atomic E-state index is -0.917. The van der Waals surface area contributed by atoms with Crippen molar-refractivity contribution in [1.29, 1.82) is 0 Å². The fourth-order valence-corrected chi connectivity index (χ4v) is 0.489. The Bertz CT molecular complexity index is 79.1. The van der Waals surface area contributed by atoms with Crippen LogP contribution in [0.15, 0.2) is 0 Å². The quantitative estimate of drug-likeness (QED) is 0.540. The zero-order valence-electron chi connectivity index (χ0n) is 6.12. The second-order valence-electron chi connectivity index (χ2n) is 2.44. The first-order valence-corrected chi connectivity index (χ1v) is 3.18. The van der Waals surface area contributed by atoms with E-state index in [2.05, 4.69) is 0 Å². The van der Waals surface area contributed by atoms with E-state index < -0.39 is 10.9 Å². The maximum Gasteiger partial charge on any atom is 0.0806 e. The van der Waals surface area contributed by atoms with Gasteiger partial charge in [0.1, 0.15) is 0 Å². The van der Waals surface area contributed by atoms with Crippen molar-refractivity contribution >= 4 is 0 Å². The normalized spacial score (nSPS) is 12.7. The predicted molar refractivity (Wildman–Crippen MR) is 33.0 cm³/mol. The molecule has 0 fully saturated rings. The fourth-order valence-electron chi connectivity index (χ4n) is 0.489. The van der Waals surface area contributed by atoms with Gasteiger partial charge in [0.2, 0.25) is 0 Å². The summed E-state index contributed by atoms with van der Waals surface area (Å²) in [5.74, 6) is 0. The molecule has 0 radical (unpaired) electrons. The van der Waals surface area contributed by atoms with Gasteiger partial charge in [-0.2, -0.15) is 0 Å². The topological polar surface area (TPSA) is 3.24 Å². The predicted octanol–water partition coefficient (Wildman–Crippen LogP) is 2.64. The summed E-state index contributed by atoms with van der Waals surface area (Å²) in [6.07, 6.45) is 0.965. The molecule has 0 heterocycles. The molecule has 3 heteroatoms. The van der Waals surface area contributed by atoms with E-state index in [4.69, 9.17) is 0 Å². The highest BCUT2D eigenvalue weighted by Crippen LogP contribution is 2.23. The summed E-state index contributed by atoms with van der Waals surface area (Å²) >= 11 is 0. The molecule has 0 aliphatic heterocycles. The lowest BCUT2D eigenvalue weighted by Gasteiger charge is -2.25. The van der Waals surface area contributed by atoms with Crippen molar-refractivity contribution in [2.24, 2.45) is 0 Å². The Morgan fingerprint density at radius 2 is 1.56 bits per heavy atom. The van der Waals surface area contributed by atoms with Crippen LogP contribution >= 0.6 is 0 Å². The maximum atomic E-state index is 11.9. The number of hydrogen-bond donors (Lipinski definition) is 0. The average molecular weight is 137 g/mol. The van der Waals surface area contributed by atoms with Crippen LogP contribution in [0.25, 0.3) is 0 Å². The van der Waals surface area contributed by atoms with Crippen molar-refractivity contribution in [1.82, 2.24) is 5.34 Å². The number of halogens is 2. The Kier molecular flexibility index (Phi) is 3.04. The van der Waals surface area contributed by atoms with E-state index in [0.29, 0.717) is 12.8 Å². The highest BCUT2D eigenvalue weighted by molar-refractivity contribution is 4.73. The molecule has 0 rings (SSSR count). The molecule has 0 saturated heterocycles. The molecular weight excluding hydrogens is 124 g/mol. The van der Waals surface area contributed by atoms with Gasteiger partial charge in [-0.15, -0.1) is 8.96 Å². The second-order valence-corrected chi connectivity index (χ2v) is 2.44. The van der Waals surface area contributed by atoms with Gasteiger partial charge in [0, 0.05) is 5.34 Å². The third-order valence-corrected chi connectivity index (χ3v) is 1.93. The zero-order chi connectivity index (χ0) is 7.49. The molecular formula is C6H13F2N. The van der Waals surface area contributed by atoms with Gasteiger partial charge in [-0.1, -0.05) is 13.8 Å². The Balaban J connectivity index is 3.92. The molecule has 9 heavy (non-hydrogen) atoms. The van der Waals surface area contributed by atoms with Gasteiger partial charge in [-0.25, -0.2) is 0 Å². The summed E-state index contributed by atoms with van der Waals surface area (Å²) in [6, 6.07) is 0. The SMILES string of the molecule is CCC(C)(CC)N(F)F. The summed E-state index contributed by atoms with van der Waals surface area (Å²) in [5, 5.41) is -0.701. The van der Waals surface area contributed by atoms with Crippen LogP contribution in [-0.2, 0) is 0 Å². The summed E-state index contributed by atoms with van der Waals surface area (Å²) in [4.78, 5) is 0. The summed E-state index contributed by atoms with van der Waals surface area (Å²) < 4.78 is 23.8. The Morgan fingerprint density at radius 1 is 1.22 bits per heavy atom. The van der Waals surface area contributed by atoms with Gasteiger partial charge in [-0.3, -0.25) is 0 Å². The van der Waals surface area contributed by atoms with Crippen LogP contribution in [0.2, 0.25) is 0 Å². The number of nitrogens with zero attached hydrogens (tertiary/aromatic N) is 1. The molecule has 0 N–H and O–H groups in total. The van der Waals surface area contributed by atoms with E-state index in [9.17, 15) is 8.96 Å². The van der Waals surface area contributed by atoms with Crippen LogP contribution in [0.3, 0.4) is 0 Å². The molecule has 0 aromatic rings. The molecule has 0 atom stereocenters. The minimum absolute atomic E-state index is 0.483. The van der Waals surface area contributed by atoms with E-state index in [1.54, 1.807) is 20.8 Å². The lowest BCUT2D eigenvalue weighted by atomic mass is 9.97. The van der Waals surface area contributed by atoms with Crippen LogP contribution in [0, 0.1) is 0 Å². The van der Waals surface area contributed by atoms with E-state index in [-0.39, 0.29) is 0 Å². The zero-order valence-corrected chi connectivity index (χ0v) is 6.12. The van der Waals surface area contributed by atoms with E-state index in [1.807, 2.05) is 0 Å². The molecule has 0 spiro atoms. The largest absolute Gasteiger partial charge is 0.101 e. The maximum absolute atomic E-state index is 11.9. The van der Waals surface area contributed by atoms with Gasteiger partial charge in [-0.05, 0) is 19.8 Å². The first-order valence-electron chi connectivity index (χ1n) is 3.18. The van der Waals surface area contributed by atoms with E-state index >= 15 is 0 Å². The van der Waals surface area contributed by atoms with Crippen molar-refractivity contribution in [3.63, 3.8) is 0 Å². The van der Waals surface area contributed by atoms with Crippen molar-refractivity contribution in [2.75, 3.05) is 0 Å². The molecule has 1 nitrogen and oxygen atoms in total. The van der Waals surface area contributed by atoms with Gasteiger partial charge in [0.05, 0.1) is 5.54 Å². The third-order valence-electron chi connectivity index (χ3n) is 1.93. The second kappa shape index (κ2) is 3.11. The van der Waals surface area contributed by atoms with Gasteiger partial charge >= 0.3 is 0 Å². The third kappa shape index (κ3) is 1.90. The highest BCUT2D eigenvalue weighted by Gasteiger charge is 2.28. The Morgan fingerprint density at radius 3 is 1.56 bits per heavy atom. The van der Waals surface area contributed by atoms with Gasteiger partial charge in [0.15, 0.2) is 0 Å². The smallest absolute Gasteiger partial charge is 0.0806 e. The van der Waals surface area contributed by atoms with E-state index in [1.165, 1.54) is 0 Å². The lowest BCUT2D eigenvalue weighted by molar-refractivity contribution is -0.228. The molecule has 0 aromatic carbocycles. The van der Waals surface area contributed by atoms with Crippen molar-refractivity contribution in [2.45, 2.75) is 39.2 Å². The molecule has 0 saturated carbocycles. The van der Waals surface area contributed by atoms with Crippen LogP contribution in [-0.4, -0.2) is 10.9 Å². The van der Waals surface area contributed by atoms with Crippen LogP contribution in [0.1, 0.15) is 33.6 Å².